The molecular formula is C35H47N3S. The Balaban J connectivity index is 0.000000734. The van der Waals surface area contributed by atoms with E-state index in [1.807, 2.05) is 43.3 Å². The molecule has 0 saturated heterocycles. The highest BCUT2D eigenvalue weighted by atomic mass is 32.1. The molecule has 0 aliphatic heterocycles. The van der Waals surface area contributed by atoms with E-state index in [1.165, 1.54) is 33.5 Å². The highest BCUT2D eigenvalue weighted by Crippen LogP contribution is 2.44. The molecule has 2 aromatic carbocycles. The van der Waals surface area contributed by atoms with Crippen LogP contribution in [-0.4, -0.2) is 32.6 Å². The summed E-state index contributed by atoms with van der Waals surface area (Å²) in [6.45, 7) is 20.8. The molecule has 1 atom stereocenters. The zero-order valence-electron chi connectivity index (χ0n) is 25.1. The molecule has 1 aromatic heterocycles. The molecule has 1 unspecified atom stereocenters. The predicted molar refractivity (Wildman–Crippen MR) is 175 cm³/mol. The van der Waals surface area contributed by atoms with Crippen LogP contribution in [0.15, 0.2) is 104 Å². The van der Waals surface area contributed by atoms with Gasteiger partial charge in [0.15, 0.2) is 0 Å². The van der Waals surface area contributed by atoms with Gasteiger partial charge in [0.25, 0.3) is 0 Å². The van der Waals surface area contributed by atoms with Gasteiger partial charge in [0, 0.05) is 67.1 Å². The zero-order chi connectivity index (χ0) is 29.4. The second-order valence-electron chi connectivity index (χ2n) is 10.3. The fraction of sp³-hybridized carbons (Fsp3) is 0.343. The lowest BCUT2D eigenvalue weighted by atomic mass is 9.74. The van der Waals surface area contributed by atoms with E-state index in [0.717, 1.165) is 25.1 Å². The van der Waals surface area contributed by atoms with Gasteiger partial charge in [0.1, 0.15) is 0 Å². The summed E-state index contributed by atoms with van der Waals surface area (Å²) in [5.41, 5.74) is 4.91. The number of hydrogen-bond acceptors (Lipinski definition) is 4. The van der Waals surface area contributed by atoms with Crippen molar-refractivity contribution in [2.45, 2.75) is 51.9 Å². The summed E-state index contributed by atoms with van der Waals surface area (Å²) >= 11 is 1.89. The van der Waals surface area contributed by atoms with Gasteiger partial charge in [0.2, 0.25) is 0 Å². The van der Waals surface area contributed by atoms with Crippen molar-refractivity contribution in [2.24, 2.45) is 0 Å². The number of anilines is 1. The molecule has 39 heavy (non-hydrogen) atoms. The second-order valence-corrected chi connectivity index (χ2v) is 11.3. The first-order valence-corrected chi connectivity index (χ1v) is 14.2. The fourth-order valence-corrected chi connectivity index (χ4v) is 5.13. The molecule has 0 spiro atoms. The van der Waals surface area contributed by atoms with Crippen LogP contribution in [0.4, 0.5) is 5.69 Å². The summed E-state index contributed by atoms with van der Waals surface area (Å²) in [6, 6.07) is 25.9. The van der Waals surface area contributed by atoms with E-state index in [2.05, 4.69) is 118 Å². The number of nitriles is 1. The minimum atomic E-state index is -0.0309. The SMILES string of the molecule is C=C(C)N(C)C.C=CCCCN(C)c1ccc(C(C=C)C(C)(C)c2ccc(-c3ccccc3)s2)cc1.CC#N. The zero-order valence-corrected chi connectivity index (χ0v) is 25.9. The minimum Gasteiger partial charge on any atom is -0.382 e. The van der Waals surface area contributed by atoms with Crippen LogP contribution in [-0.2, 0) is 5.41 Å². The van der Waals surface area contributed by atoms with Gasteiger partial charge in [0.05, 0.1) is 6.07 Å². The first kappa shape index (κ1) is 33.5. The van der Waals surface area contributed by atoms with E-state index in [-0.39, 0.29) is 11.3 Å². The molecule has 0 aliphatic rings. The van der Waals surface area contributed by atoms with Crippen molar-refractivity contribution < 1.29 is 0 Å². The maximum absolute atomic E-state index is 7.32. The lowest BCUT2D eigenvalue weighted by Crippen LogP contribution is -2.24. The standard InChI is InChI=1S/C28H33NS.C5H11N.C2H3N/c1-6-8-12-21-29(5)24-17-15-22(16-18-24)25(7-2)28(3,4)27-20-19-26(30-27)23-13-10-9-11-14-23;1-5(2)6(3)4;1-2-3/h6-7,9-11,13-20,25H,1-2,8,12,21H2,3-5H3;1H2,2-4H3;1H3. The lowest BCUT2D eigenvalue weighted by Gasteiger charge is -2.32. The van der Waals surface area contributed by atoms with Gasteiger partial charge in [-0.3, -0.25) is 0 Å². The Kier molecular flexibility index (Phi) is 14.7. The Morgan fingerprint density at radius 3 is 2.05 bits per heavy atom. The van der Waals surface area contributed by atoms with Crippen molar-refractivity contribution in [1.82, 2.24) is 4.90 Å². The molecule has 1 heterocycles. The number of hydrogen-bond donors (Lipinski definition) is 0. The Morgan fingerprint density at radius 1 is 1.00 bits per heavy atom. The monoisotopic (exact) mass is 541 g/mol. The molecular weight excluding hydrogens is 494 g/mol. The number of thiophene rings is 1. The molecule has 208 valence electrons. The van der Waals surface area contributed by atoms with Gasteiger partial charge >= 0.3 is 0 Å². The summed E-state index contributed by atoms with van der Waals surface area (Å²) in [7, 11) is 6.11. The van der Waals surface area contributed by atoms with Crippen LogP contribution in [0.5, 0.6) is 0 Å². The molecule has 0 fully saturated rings. The predicted octanol–water partition coefficient (Wildman–Crippen LogP) is 9.68. The molecule has 3 aromatic rings. The van der Waals surface area contributed by atoms with Crippen LogP contribution in [0.25, 0.3) is 10.4 Å². The number of nitrogens with zero attached hydrogens (tertiary/aromatic N) is 3. The van der Waals surface area contributed by atoms with E-state index < -0.39 is 0 Å². The van der Waals surface area contributed by atoms with Gasteiger partial charge in [-0.25, -0.2) is 0 Å². The third-order valence-corrected chi connectivity index (χ3v) is 8.14. The quantitative estimate of drug-likeness (QED) is 0.179. The fourth-order valence-electron chi connectivity index (χ4n) is 3.98. The van der Waals surface area contributed by atoms with E-state index in [4.69, 9.17) is 5.26 Å². The van der Waals surface area contributed by atoms with Gasteiger partial charge in [-0.05, 0) is 55.2 Å². The van der Waals surface area contributed by atoms with Crippen molar-refractivity contribution in [3.8, 4) is 16.5 Å². The molecule has 0 bridgehead atoms. The van der Waals surface area contributed by atoms with Crippen LogP contribution >= 0.6 is 11.3 Å². The average molecular weight is 542 g/mol. The van der Waals surface area contributed by atoms with Crippen LogP contribution < -0.4 is 4.90 Å². The maximum atomic E-state index is 7.32. The van der Waals surface area contributed by atoms with Crippen molar-refractivity contribution in [3.05, 3.63) is 115 Å². The van der Waals surface area contributed by atoms with Crippen molar-refractivity contribution in [3.63, 3.8) is 0 Å². The largest absolute Gasteiger partial charge is 0.382 e. The smallest absolute Gasteiger partial charge is 0.0587 e. The van der Waals surface area contributed by atoms with Gasteiger partial charge in [-0.15, -0.1) is 24.5 Å². The van der Waals surface area contributed by atoms with Crippen molar-refractivity contribution in [2.75, 3.05) is 32.6 Å². The highest BCUT2D eigenvalue weighted by molar-refractivity contribution is 7.15. The van der Waals surface area contributed by atoms with E-state index in [0.29, 0.717) is 0 Å². The molecule has 0 aliphatic carbocycles. The summed E-state index contributed by atoms with van der Waals surface area (Å²) in [5, 5.41) is 7.32. The maximum Gasteiger partial charge on any atom is 0.0587 e. The van der Waals surface area contributed by atoms with Crippen LogP contribution in [0.3, 0.4) is 0 Å². The average Bonchev–Trinajstić information content (AvgIpc) is 3.42. The van der Waals surface area contributed by atoms with Crippen LogP contribution in [0.1, 0.15) is 56.9 Å². The number of rotatable bonds is 11. The van der Waals surface area contributed by atoms with E-state index in [9.17, 15) is 0 Å². The van der Waals surface area contributed by atoms with Gasteiger partial charge in [-0.1, -0.05) is 75.0 Å². The lowest BCUT2D eigenvalue weighted by molar-refractivity contribution is 0.479. The van der Waals surface area contributed by atoms with E-state index >= 15 is 0 Å². The summed E-state index contributed by atoms with van der Waals surface area (Å²) < 4.78 is 0. The van der Waals surface area contributed by atoms with Gasteiger partial charge in [-0.2, -0.15) is 5.26 Å². The summed E-state index contributed by atoms with van der Waals surface area (Å²) in [4.78, 5) is 6.99. The second kappa shape index (κ2) is 17.1. The Morgan fingerprint density at radius 2 is 1.56 bits per heavy atom. The normalized spacial score (nSPS) is 10.9. The van der Waals surface area contributed by atoms with Crippen molar-refractivity contribution in [1.29, 1.82) is 5.26 Å². The summed E-state index contributed by atoms with van der Waals surface area (Å²) in [5.74, 6) is 0.250. The number of benzene rings is 2. The molecule has 4 heteroatoms. The number of allylic oxidation sites excluding steroid dienone is 3. The third-order valence-electron chi connectivity index (χ3n) is 6.67. The minimum absolute atomic E-state index is 0.0309. The molecule has 0 N–H and O–H groups in total. The Bertz CT molecular complexity index is 1180. The van der Waals surface area contributed by atoms with Crippen LogP contribution in [0.2, 0.25) is 0 Å². The molecule has 0 radical (unpaired) electrons. The van der Waals surface area contributed by atoms with Crippen LogP contribution in [0, 0.1) is 11.3 Å². The highest BCUT2D eigenvalue weighted by Gasteiger charge is 2.32. The number of unbranched alkanes of at least 4 members (excludes halogenated alkanes) is 1. The molecule has 3 rings (SSSR count). The first-order valence-electron chi connectivity index (χ1n) is 13.4. The molecule has 0 amide bonds. The van der Waals surface area contributed by atoms with Crippen molar-refractivity contribution >= 4 is 17.0 Å². The topological polar surface area (TPSA) is 30.3 Å². The van der Waals surface area contributed by atoms with Gasteiger partial charge < -0.3 is 9.80 Å². The Labute approximate surface area is 242 Å². The molecule has 0 saturated carbocycles. The third kappa shape index (κ3) is 10.6. The summed E-state index contributed by atoms with van der Waals surface area (Å²) in [6.07, 6.45) is 6.28. The Hall–Kier alpha value is -3.55. The first-order chi connectivity index (χ1) is 18.5. The van der Waals surface area contributed by atoms with E-state index in [1.54, 1.807) is 6.07 Å². The molecule has 3 nitrogen and oxygen atoms in total.